The molecular formula is C12H18N4O. The minimum absolute atomic E-state index is 0.0656. The lowest BCUT2D eigenvalue weighted by Crippen LogP contribution is -2.44. The molecule has 2 heterocycles. The van der Waals surface area contributed by atoms with Crippen molar-refractivity contribution in [2.45, 2.75) is 32.7 Å². The van der Waals surface area contributed by atoms with E-state index in [1.807, 2.05) is 4.90 Å². The number of piperidine rings is 1. The Bertz CT molecular complexity index is 421. The van der Waals surface area contributed by atoms with Crippen molar-refractivity contribution < 1.29 is 4.79 Å². The minimum Gasteiger partial charge on any atom is -0.382 e. The number of anilines is 1. The first kappa shape index (κ1) is 11.8. The maximum atomic E-state index is 12.2. The first-order chi connectivity index (χ1) is 8.08. The average Bonchev–Trinajstić information content (AvgIpc) is 2.28. The summed E-state index contributed by atoms with van der Waals surface area (Å²) in [6.45, 7) is 5.09. The van der Waals surface area contributed by atoms with Crippen LogP contribution in [0.15, 0.2) is 12.4 Å². The first-order valence-electron chi connectivity index (χ1n) is 5.96. The van der Waals surface area contributed by atoms with Crippen LogP contribution in [0.25, 0.3) is 0 Å². The highest BCUT2D eigenvalue weighted by molar-refractivity contribution is 5.92. The molecule has 1 aromatic heterocycles. The van der Waals surface area contributed by atoms with Gasteiger partial charge in [-0.05, 0) is 25.7 Å². The second kappa shape index (κ2) is 4.69. The van der Waals surface area contributed by atoms with Crippen molar-refractivity contribution in [3.05, 3.63) is 18.1 Å². The molecule has 5 heteroatoms. The van der Waals surface area contributed by atoms with Crippen LogP contribution in [0, 0.1) is 5.92 Å². The van der Waals surface area contributed by atoms with Crippen LogP contribution in [0.1, 0.15) is 37.2 Å². The van der Waals surface area contributed by atoms with E-state index in [9.17, 15) is 4.79 Å². The number of hydrogen-bond acceptors (Lipinski definition) is 4. The molecule has 1 fully saturated rings. The number of carbonyl (C=O) groups is 1. The number of hydrogen-bond donors (Lipinski definition) is 1. The highest BCUT2D eigenvalue weighted by atomic mass is 16.2. The van der Waals surface area contributed by atoms with E-state index in [0.29, 0.717) is 11.6 Å². The van der Waals surface area contributed by atoms with Crippen molar-refractivity contribution in [2.24, 2.45) is 5.92 Å². The molecule has 1 aromatic rings. The Morgan fingerprint density at radius 2 is 2.24 bits per heavy atom. The maximum absolute atomic E-state index is 12.2. The summed E-state index contributed by atoms with van der Waals surface area (Å²) in [5.74, 6) is 0.902. The zero-order valence-corrected chi connectivity index (χ0v) is 10.3. The van der Waals surface area contributed by atoms with Crippen LogP contribution < -0.4 is 5.73 Å². The predicted octanol–water partition coefficient (Wildman–Crippen LogP) is 1.32. The van der Waals surface area contributed by atoms with Gasteiger partial charge in [-0.15, -0.1) is 0 Å². The topological polar surface area (TPSA) is 72.1 Å². The largest absolute Gasteiger partial charge is 0.382 e. The van der Waals surface area contributed by atoms with Crippen molar-refractivity contribution in [1.29, 1.82) is 0 Å². The summed E-state index contributed by atoms with van der Waals surface area (Å²) in [7, 11) is 0. The standard InChI is InChI=1S/C12H18N4O/c1-8-3-4-16(9(2)5-8)12(17)10-6-14-7-11(13)15-10/h6-9H,3-5H2,1-2H3,(H2,13,15). The SMILES string of the molecule is CC1CCN(C(=O)c2cncc(N)n2)C(C)C1. The van der Waals surface area contributed by atoms with E-state index < -0.39 is 0 Å². The van der Waals surface area contributed by atoms with Crippen molar-refractivity contribution in [3.8, 4) is 0 Å². The Labute approximate surface area is 101 Å². The number of nitrogens with zero attached hydrogens (tertiary/aromatic N) is 3. The van der Waals surface area contributed by atoms with Gasteiger partial charge in [0.15, 0.2) is 0 Å². The van der Waals surface area contributed by atoms with E-state index in [1.54, 1.807) is 0 Å². The minimum atomic E-state index is -0.0656. The number of rotatable bonds is 1. The van der Waals surface area contributed by atoms with E-state index in [0.717, 1.165) is 19.4 Å². The molecule has 1 amide bonds. The molecule has 0 aliphatic carbocycles. The van der Waals surface area contributed by atoms with Crippen LogP contribution in [0.2, 0.25) is 0 Å². The summed E-state index contributed by atoms with van der Waals surface area (Å²) in [6, 6.07) is 0.259. The van der Waals surface area contributed by atoms with Crippen molar-refractivity contribution >= 4 is 11.7 Å². The summed E-state index contributed by atoms with van der Waals surface area (Å²) < 4.78 is 0. The Hall–Kier alpha value is -1.65. The van der Waals surface area contributed by atoms with Crippen LogP contribution in [0.3, 0.4) is 0 Å². The van der Waals surface area contributed by atoms with E-state index >= 15 is 0 Å². The lowest BCUT2D eigenvalue weighted by molar-refractivity contribution is 0.0582. The van der Waals surface area contributed by atoms with Gasteiger partial charge in [-0.2, -0.15) is 0 Å². The quantitative estimate of drug-likeness (QED) is 0.795. The van der Waals surface area contributed by atoms with Gasteiger partial charge in [-0.3, -0.25) is 9.78 Å². The zero-order valence-electron chi connectivity index (χ0n) is 10.3. The molecule has 1 aliphatic rings. The average molecular weight is 234 g/mol. The van der Waals surface area contributed by atoms with Gasteiger partial charge in [0.1, 0.15) is 11.5 Å². The first-order valence-corrected chi connectivity index (χ1v) is 5.96. The molecule has 2 atom stereocenters. The van der Waals surface area contributed by atoms with Crippen molar-refractivity contribution in [3.63, 3.8) is 0 Å². The van der Waals surface area contributed by atoms with Crippen LogP contribution in [0.4, 0.5) is 5.82 Å². The summed E-state index contributed by atoms with van der Waals surface area (Å²) >= 11 is 0. The molecule has 5 nitrogen and oxygen atoms in total. The molecule has 0 radical (unpaired) electrons. The van der Waals surface area contributed by atoms with Crippen LogP contribution in [0.5, 0.6) is 0 Å². The number of likely N-dealkylation sites (tertiary alicyclic amines) is 1. The molecule has 17 heavy (non-hydrogen) atoms. The van der Waals surface area contributed by atoms with E-state index in [1.165, 1.54) is 12.4 Å². The lowest BCUT2D eigenvalue weighted by atomic mass is 9.93. The Morgan fingerprint density at radius 1 is 1.47 bits per heavy atom. The second-order valence-corrected chi connectivity index (χ2v) is 4.81. The number of nitrogen functional groups attached to an aromatic ring is 1. The van der Waals surface area contributed by atoms with Gasteiger partial charge < -0.3 is 10.6 Å². The Morgan fingerprint density at radius 3 is 2.88 bits per heavy atom. The number of nitrogens with two attached hydrogens (primary N) is 1. The summed E-state index contributed by atoms with van der Waals surface area (Å²) in [5.41, 5.74) is 5.88. The molecule has 2 rings (SSSR count). The van der Waals surface area contributed by atoms with Gasteiger partial charge in [0.25, 0.3) is 5.91 Å². The molecule has 0 aromatic carbocycles. The fraction of sp³-hybridized carbons (Fsp3) is 0.583. The third-order valence-corrected chi connectivity index (χ3v) is 3.27. The van der Waals surface area contributed by atoms with Crippen LogP contribution >= 0.6 is 0 Å². The summed E-state index contributed by atoms with van der Waals surface area (Å²) in [4.78, 5) is 22.0. The summed E-state index contributed by atoms with van der Waals surface area (Å²) in [5, 5.41) is 0. The molecule has 0 spiro atoms. The number of carbonyl (C=O) groups excluding carboxylic acids is 1. The van der Waals surface area contributed by atoms with Gasteiger partial charge >= 0.3 is 0 Å². The van der Waals surface area contributed by atoms with Gasteiger partial charge in [0.2, 0.25) is 0 Å². The van der Waals surface area contributed by atoms with E-state index in [2.05, 4.69) is 23.8 Å². The van der Waals surface area contributed by atoms with E-state index in [-0.39, 0.29) is 17.8 Å². The molecule has 0 saturated carbocycles. The van der Waals surface area contributed by atoms with Gasteiger partial charge in [0.05, 0.1) is 12.4 Å². The normalized spacial score (nSPS) is 24.7. The third kappa shape index (κ3) is 2.54. The zero-order chi connectivity index (χ0) is 12.4. The van der Waals surface area contributed by atoms with Gasteiger partial charge in [-0.25, -0.2) is 4.98 Å². The Balaban J connectivity index is 2.15. The maximum Gasteiger partial charge on any atom is 0.274 e. The molecule has 1 saturated heterocycles. The smallest absolute Gasteiger partial charge is 0.274 e. The van der Waals surface area contributed by atoms with Crippen LogP contribution in [-0.2, 0) is 0 Å². The third-order valence-electron chi connectivity index (χ3n) is 3.27. The molecule has 2 unspecified atom stereocenters. The van der Waals surface area contributed by atoms with Crippen LogP contribution in [-0.4, -0.2) is 33.4 Å². The second-order valence-electron chi connectivity index (χ2n) is 4.81. The van der Waals surface area contributed by atoms with Crippen molar-refractivity contribution in [2.75, 3.05) is 12.3 Å². The molecule has 0 bridgehead atoms. The summed E-state index contributed by atoms with van der Waals surface area (Å²) in [6.07, 6.45) is 5.01. The number of aromatic nitrogens is 2. The fourth-order valence-corrected chi connectivity index (χ4v) is 2.34. The highest BCUT2D eigenvalue weighted by Gasteiger charge is 2.28. The van der Waals surface area contributed by atoms with E-state index in [4.69, 9.17) is 5.73 Å². The fourth-order valence-electron chi connectivity index (χ4n) is 2.34. The van der Waals surface area contributed by atoms with Gasteiger partial charge in [-0.1, -0.05) is 6.92 Å². The lowest BCUT2D eigenvalue weighted by Gasteiger charge is -2.36. The monoisotopic (exact) mass is 234 g/mol. The predicted molar refractivity (Wildman–Crippen MR) is 65.3 cm³/mol. The molecular weight excluding hydrogens is 216 g/mol. The molecule has 2 N–H and O–H groups in total. The molecule has 92 valence electrons. The van der Waals surface area contributed by atoms with Crippen molar-refractivity contribution in [1.82, 2.24) is 14.9 Å². The number of amides is 1. The highest BCUT2D eigenvalue weighted by Crippen LogP contribution is 2.23. The molecule has 1 aliphatic heterocycles. The Kier molecular flexibility index (Phi) is 3.26. The van der Waals surface area contributed by atoms with Gasteiger partial charge in [0, 0.05) is 12.6 Å².